The van der Waals surface area contributed by atoms with Crippen molar-refractivity contribution in [2.45, 2.75) is 33.2 Å². The van der Waals surface area contributed by atoms with E-state index in [2.05, 4.69) is 10.6 Å². The van der Waals surface area contributed by atoms with Crippen molar-refractivity contribution in [1.82, 2.24) is 5.32 Å². The second kappa shape index (κ2) is 8.00. The maximum atomic E-state index is 11.9. The van der Waals surface area contributed by atoms with E-state index in [9.17, 15) is 9.59 Å². The van der Waals surface area contributed by atoms with Gasteiger partial charge in [0.05, 0.1) is 10.7 Å². The number of aliphatic hydroxyl groups excluding tert-OH is 1. The number of hydrogen-bond donors (Lipinski definition) is 3. The lowest BCUT2D eigenvalue weighted by molar-refractivity contribution is -0.136. The lowest BCUT2D eigenvalue weighted by atomic mass is 10.0. The van der Waals surface area contributed by atoms with Gasteiger partial charge in [-0.25, -0.2) is 0 Å². The van der Waals surface area contributed by atoms with Crippen LogP contribution in [-0.2, 0) is 9.59 Å². The Bertz CT molecular complexity index is 518. The molecule has 0 aliphatic carbocycles. The van der Waals surface area contributed by atoms with E-state index in [-0.39, 0.29) is 18.6 Å². The number of aryl methyl sites for hydroxylation is 1. The van der Waals surface area contributed by atoms with E-state index in [1.807, 2.05) is 20.8 Å². The van der Waals surface area contributed by atoms with Gasteiger partial charge in [-0.05, 0) is 37.0 Å². The van der Waals surface area contributed by atoms with E-state index in [0.717, 1.165) is 5.56 Å². The highest BCUT2D eigenvalue weighted by Crippen LogP contribution is 2.22. The van der Waals surface area contributed by atoms with Crippen LogP contribution in [0, 0.1) is 12.8 Å². The third kappa shape index (κ3) is 5.36. The van der Waals surface area contributed by atoms with Crippen molar-refractivity contribution in [2.24, 2.45) is 5.92 Å². The van der Waals surface area contributed by atoms with Crippen LogP contribution in [0.5, 0.6) is 0 Å². The number of nitrogens with one attached hydrogen (secondary N) is 2. The zero-order valence-electron chi connectivity index (χ0n) is 12.4. The zero-order valence-corrected chi connectivity index (χ0v) is 13.2. The molecular formula is C15H21ClN2O3. The van der Waals surface area contributed by atoms with E-state index in [1.165, 1.54) is 0 Å². The molecule has 1 atom stereocenters. The van der Waals surface area contributed by atoms with Gasteiger partial charge in [0.2, 0.25) is 0 Å². The fourth-order valence-corrected chi connectivity index (χ4v) is 2.13. The van der Waals surface area contributed by atoms with Gasteiger partial charge in [0, 0.05) is 12.6 Å². The van der Waals surface area contributed by atoms with Gasteiger partial charge in [-0.1, -0.05) is 31.5 Å². The van der Waals surface area contributed by atoms with Crippen molar-refractivity contribution in [2.75, 3.05) is 11.9 Å². The summed E-state index contributed by atoms with van der Waals surface area (Å²) in [5.74, 6) is -1.39. The van der Waals surface area contributed by atoms with Crippen LogP contribution in [0.2, 0.25) is 5.02 Å². The molecule has 6 heteroatoms. The molecule has 1 unspecified atom stereocenters. The van der Waals surface area contributed by atoms with Gasteiger partial charge in [-0.3, -0.25) is 9.59 Å². The average Bonchev–Trinajstić information content (AvgIpc) is 2.41. The quantitative estimate of drug-likeness (QED) is 0.729. The van der Waals surface area contributed by atoms with Crippen LogP contribution >= 0.6 is 11.6 Å². The average molecular weight is 313 g/mol. The second-order valence-electron chi connectivity index (χ2n) is 5.27. The highest BCUT2D eigenvalue weighted by Gasteiger charge is 2.21. The Morgan fingerprint density at radius 2 is 1.95 bits per heavy atom. The summed E-state index contributed by atoms with van der Waals surface area (Å²) in [6, 6.07) is 4.90. The van der Waals surface area contributed by atoms with E-state index < -0.39 is 11.8 Å². The molecule has 0 saturated carbocycles. The number of carbonyl (C=O) groups is 2. The Hall–Kier alpha value is -1.59. The molecular weight excluding hydrogens is 292 g/mol. The van der Waals surface area contributed by atoms with Gasteiger partial charge < -0.3 is 15.7 Å². The van der Waals surface area contributed by atoms with Gasteiger partial charge in [0.15, 0.2) is 0 Å². The smallest absolute Gasteiger partial charge is 0.313 e. The predicted octanol–water partition coefficient (Wildman–Crippen LogP) is 2.11. The number of halogens is 1. The lowest BCUT2D eigenvalue weighted by Gasteiger charge is -2.21. The van der Waals surface area contributed by atoms with E-state index in [0.29, 0.717) is 17.1 Å². The normalized spacial score (nSPS) is 12.1. The Morgan fingerprint density at radius 1 is 1.29 bits per heavy atom. The molecule has 0 saturated heterocycles. The summed E-state index contributed by atoms with van der Waals surface area (Å²) >= 11 is 6.00. The van der Waals surface area contributed by atoms with Crippen LogP contribution in [0.1, 0.15) is 25.8 Å². The van der Waals surface area contributed by atoms with Crippen LogP contribution in [0.4, 0.5) is 5.69 Å². The minimum Gasteiger partial charge on any atom is -0.396 e. The van der Waals surface area contributed by atoms with Crippen LogP contribution in [0.3, 0.4) is 0 Å². The van der Waals surface area contributed by atoms with Crippen molar-refractivity contribution in [3.8, 4) is 0 Å². The molecule has 21 heavy (non-hydrogen) atoms. The van der Waals surface area contributed by atoms with Crippen molar-refractivity contribution < 1.29 is 14.7 Å². The maximum absolute atomic E-state index is 11.9. The number of anilines is 1. The van der Waals surface area contributed by atoms with Gasteiger partial charge in [0.25, 0.3) is 0 Å². The molecule has 5 nitrogen and oxygen atoms in total. The molecule has 3 N–H and O–H groups in total. The first-order valence-corrected chi connectivity index (χ1v) is 7.21. The molecule has 2 amide bonds. The Balaban J connectivity index is 2.68. The summed E-state index contributed by atoms with van der Waals surface area (Å²) in [4.78, 5) is 23.7. The van der Waals surface area contributed by atoms with Crippen LogP contribution in [0.15, 0.2) is 18.2 Å². The van der Waals surface area contributed by atoms with Crippen LogP contribution < -0.4 is 10.6 Å². The minimum atomic E-state index is -0.774. The predicted molar refractivity (Wildman–Crippen MR) is 83.3 cm³/mol. The third-order valence-corrected chi connectivity index (χ3v) is 3.45. The number of rotatable bonds is 5. The summed E-state index contributed by atoms with van der Waals surface area (Å²) in [6.07, 6.45) is 0.405. The molecule has 116 valence electrons. The number of carbonyl (C=O) groups excluding carboxylic acids is 2. The summed E-state index contributed by atoms with van der Waals surface area (Å²) in [7, 11) is 0. The minimum absolute atomic E-state index is 0.0471. The first-order chi connectivity index (χ1) is 9.85. The van der Waals surface area contributed by atoms with E-state index in [1.54, 1.807) is 18.2 Å². The monoisotopic (exact) mass is 312 g/mol. The Morgan fingerprint density at radius 3 is 2.48 bits per heavy atom. The molecule has 0 aromatic heterocycles. The molecule has 1 aromatic carbocycles. The van der Waals surface area contributed by atoms with Crippen molar-refractivity contribution in [3.05, 3.63) is 28.8 Å². The molecule has 0 aliphatic rings. The summed E-state index contributed by atoms with van der Waals surface area (Å²) < 4.78 is 0. The number of hydrogen-bond acceptors (Lipinski definition) is 3. The highest BCUT2D eigenvalue weighted by atomic mass is 35.5. The zero-order chi connectivity index (χ0) is 16.0. The molecule has 1 rings (SSSR count). The molecule has 1 aromatic rings. The maximum Gasteiger partial charge on any atom is 0.313 e. The first-order valence-electron chi connectivity index (χ1n) is 6.84. The molecule has 0 spiro atoms. The Kier molecular flexibility index (Phi) is 6.65. The Labute approximate surface area is 129 Å². The van der Waals surface area contributed by atoms with Crippen molar-refractivity contribution >= 4 is 29.1 Å². The number of benzene rings is 1. The number of amides is 2. The molecule has 0 aliphatic heterocycles. The van der Waals surface area contributed by atoms with Crippen molar-refractivity contribution in [1.29, 1.82) is 0 Å². The molecule has 0 heterocycles. The number of aliphatic hydroxyl groups is 1. The van der Waals surface area contributed by atoms with Crippen LogP contribution in [0.25, 0.3) is 0 Å². The standard InChI is InChI=1S/C15H21ClN2O3/c1-9(2)12(6-7-19)17-14(20)15(21)18-13-5-4-10(3)8-11(13)16/h4-5,8-9,12,19H,6-7H2,1-3H3,(H,17,20)(H,18,21). The third-order valence-electron chi connectivity index (χ3n) is 3.14. The molecule has 0 fully saturated rings. The van der Waals surface area contributed by atoms with Gasteiger partial charge in [-0.15, -0.1) is 0 Å². The first kappa shape index (κ1) is 17.5. The van der Waals surface area contributed by atoms with Gasteiger partial charge in [-0.2, -0.15) is 0 Å². The summed E-state index contributed by atoms with van der Waals surface area (Å²) in [5, 5.41) is 14.4. The fourth-order valence-electron chi connectivity index (χ4n) is 1.85. The second-order valence-corrected chi connectivity index (χ2v) is 5.68. The molecule has 0 bridgehead atoms. The van der Waals surface area contributed by atoms with Crippen molar-refractivity contribution in [3.63, 3.8) is 0 Å². The topological polar surface area (TPSA) is 78.4 Å². The largest absolute Gasteiger partial charge is 0.396 e. The van der Waals surface area contributed by atoms with Crippen LogP contribution in [-0.4, -0.2) is 29.6 Å². The fraction of sp³-hybridized carbons (Fsp3) is 0.467. The lowest BCUT2D eigenvalue weighted by Crippen LogP contribution is -2.44. The highest BCUT2D eigenvalue weighted by molar-refractivity contribution is 6.41. The van der Waals surface area contributed by atoms with Gasteiger partial charge in [0.1, 0.15) is 0 Å². The summed E-state index contributed by atoms with van der Waals surface area (Å²) in [5.41, 5.74) is 1.36. The van der Waals surface area contributed by atoms with E-state index in [4.69, 9.17) is 16.7 Å². The molecule has 0 radical (unpaired) electrons. The van der Waals surface area contributed by atoms with E-state index >= 15 is 0 Å². The van der Waals surface area contributed by atoms with Gasteiger partial charge >= 0.3 is 11.8 Å². The summed E-state index contributed by atoms with van der Waals surface area (Å²) in [6.45, 7) is 5.66. The SMILES string of the molecule is Cc1ccc(NC(=O)C(=O)NC(CCO)C(C)C)c(Cl)c1.